The van der Waals surface area contributed by atoms with Gasteiger partial charge in [0.05, 0.1) is 0 Å². The normalized spacial score (nSPS) is 15.8. The number of Topliss-reactive ketones (excluding diaryl/α,β-unsaturated/α-hetero) is 1. The molecule has 0 N–H and O–H groups in total. The van der Waals surface area contributed by atoms with Crippen LogP contribution in [0.5, 0.6) is 11.5 Å². The van der Waals surface area contributed by atoms with Crippen molar-refractivity contribution >= 4 is 34.6 Å². The Labute approximate surface area is 226 Å². The number of ketones is 1. The van der Waals surface area contributed by atoms with E-state index in [9.17, 15) is 14.4 Å². The summed E-state index contributed by atoms with van der Waals surface area (Å²) >= 11 is 0. The third-order valence-electron chi connectivity index (χ3n) is 6.80. The lowest BCUT2D eigenvalue weighted by Crippen LogP contribution is -2.35. The van der Waals surface area contributed by atoms with Crippen molar-refractivity contribution in [3.05, 3.63) is 113 Å². The lowest BCUT2D eigenvalue weighted by Gasteiger charge is -2.37. The largest absolute Gasteiger partial charge is 0.472 e. The average molecular weight is 521 g/mol. The van der Waals surface area contributed by atoms with Crippen LogP contribution in [-0.4, -0.2) is 24.3 Å². The molecule has 0 saturated heterocycles. The molecule has 6 heteroatoms. The quantitative estimate of drug-likeness (QED) is 0.203. The Balaban J connectivity index is 1.78. The minimum atomic E-state index is -0.993. The summed E-state index contributed by atoms with van der Waals surface area (Å²) in [6, 6.07) is 25.2. The van der Waals surface area contributed by atoms with Crippen molar-refractivity contribution in [2.24, 2.45) is 0 Å². The van der Waals surface area contributed by atoms with Crippen molar-refractivity contribution in [3.8, 4) is 11.5 Å². The molecule has 6 nitrogen and oxygen atoms in total. The van der Waals surface area contributed by atoms with Crippen molar-refractivity contribution < 1.29 is 28.6 Å². The maximum absolute atomic E-state index is 13.5. The molecule has 0 saturated carbocycles. The molecule has 1 heterocycles. The van der Waals surface area contributed by atoms with Gasteiger partial charge in [0.2, 0.25) is 0 Å². The molecule has 0 fully saturated rings. The Kier molecular flexibility index (Phi) is 7.03. The highest BCUT2D eigenvalue weighted by atomic mass is 16.6. The zero-order valence-electron chi connectivity index (χ0n) is 22.0. The molecule has 5 rings (SSSR count). The maximum atomic E-state index is 13.5. The first-order valence-electron chi connectivity index (χ1n) is 12.8. The number of fused-ring (bicyclic) bond motifs is 3. The van der Waals surface area contributed by atoms with Crippen molar-refractivity contribution in [3.63, 3.8) is 0 Å². The van der Waals surface area contributed by atoms with Crippen molar-refractivity contribution in [2.75, 3.05) is 6.61 Å². The zero-order chi connectivity index (χ0) is 27.6. The van der Waals surface area contributed by atoms with Crippen molar-refractivity contribution in [2.45, 2.75) is 32.8 Å². The van der Waals surface area contributed by atoms with Gasteiger partial charge in [0.1, 0.15) is 17.9 Å². The molecule has 0 aromatic heterocycles. The summed E-state index contributed by atoms with van der Waals surface area (Å²) in [6.07, 6.45) is 3.94. The van der Waals surface area contributed by atoms with Crippen LogP contribution in [0.25, 0.3) is 16.8 Å². The van der Waals surface area contributed by atoms with Crippen molar-refractivity contribution in [1.82, 2.24) is 0 Å². The van der Waals surface area contributed by atoms with Gasteiger partial charge in [-0.15, -0.1) is 0 Å². The Hall–Kier alpha value is -4.71. The van der Waals surface area contributed by atoms with E-state index in [1.165, 1.54) is 6.92 Å². The molecule has 1 unspecified atom stereocenters. The Morgan fingerprint density at radius 1 is 0.846 bits per heavy atom. The van der Waals surface area contributed by atoms with Gasteiger partial charge in [0.15, 0.2) is 17.1 Å². The number of rotatable bonds is 7. The van der Waals surface area contributed by atoms with Crippen LogP contribution in [0, 0.1) is 6.92 Å². The molecule has 1 aliphatic heterocycles. The summed E-state index contributed by atoms with van der Waals surface area (Å²) < 4.78 is 17.9. The topological polar surface area (TPSA) is 78.9 Å². The zero-order valence-corrected chi connectivity index (χ0v) is 22.0. The van der Waals surface area contributed by atoms with Crippen LogP contribution in [0.4, 0.5) is 0 Å². The molecular formula is C33H28O6. The molecule has 196 valence electrons. The Bertz CT molecular complexity index is 1600. The summed E-state index contributed by atoms with van der Waals surface area (Å²) in [5.74, 6) is -1.06. The lowest BCUT2D eigenvalue weighted by atomic mass is 9.82. The number of carbonyl (C=O) groups excluding carboxylic acids is 3. The predicted octanol–water partition coefficient (Wildman–Crippen LogP) is 6.56. The molecule has 39 heavy (non-hydrogen) atoms. The SMILES string of the molecule is CCC(=O)COC(=O)c1c2c(c3ccccc3c1OC(C)=O)OC(c1ccccc1)(c1ccc(C)cc1)C=C2. The van der Waals surface area contributed by atoms with Crippen LogP contribution in [0.1, 0.15) is 52.9 Å². The summed E-state index contributed by atoms with van der Waals surface area (Å²) in [5, 5.41) is 1.18. The highest BCUT2D eigenvalue weighted by molar-refractivity contribution is 6.10. The van der Waals surface area contributed by atoms with Gasteiger partial charge in [-0.3, -0.25) is 9.59 Å². The molecule has 1 aliphatic rings. The third kappa shape index (κ3) is 4.81. The second-order valence-electron chi connectivity index (χ2n) is 9.46. The minimum absolute atomic E-state index is 0.0321. The molecule has 1 atom stereocenters. The molecule has 4 aromatic carbocycles. The fraction of sp³-hybridized carbons (Fsp3) is 0.182. The Morgan fingerprint density at radius 2 is 1.49 bits per heavy atom. The average Bonchev–Trinajstić information content (AvgIpc) is 2.96. The van der Waals surface area contributed by atoms with E-state index >= 15 is 0 Å². The van der Waals surface area contributed by atoms with E-state index < -0.39 is 17.5 Å². The monoisotopic (exact) mass is 520 g/mol. The molecular weight excluding hydrogens is 492 g/mol. The lowest BCUT2D eigenvalue weighted by molar-refractivity contribution is -0.131. The molecule has 0 aliphatic carbocycles. The first-order valence-corrected chi connectivity index (χ1v) is 12.8. The van der Waals surface area contributed by atoms with Crippen molar-refractivity contribution in [1.29, 1.82) is 0 Å². The second kappa shape index (κ2) is 10.6. The van der Waals surface area contributed by atoms with E-state index in [0.717, 1.165) is 16.7 Å². The number of ether oxygens (including phenoxy) is 3. The van der Waals surface area contributed by atoms with Crippen LogP contribution in [-0.2, 0) is 19.9 Å². The number of hydrogen-bond donors (Lipinski definition) is 0. The van der Waals surface area contributed by atoms with E-state index in [-0.39, 0.29) is 30.1 Å². The van der Waals surface area contributed by atoms with E-state index in [1.54, 1.807) is 19.1 Å². The van der Waals surface area contributed by atoms with Gasteiger partial charge in [0, 0.05) is 40.8 Å². The van der Waals surface area contributed by atoms with Gasteiger partial charge < -0.3 is 14.2 Å². The third-order valence-corrected chi connectivity index (χ3v) is 6.80. The molecule has 4 aromatic rings. The van der Waals surface area contributed by atoms with E-state index in [4.69, 9.17) is 14.2 Å². The van der Waals surface area contributed by atoms with Crippen LogP contribution < -0.4 is 9.47 Å². The molecule has 0 radical (unpaired) electrons. The number of hydrogen-bond acceptors (Lipinski definition) is 6. The van der Waals surface area contributed by atoms with Crippen LogP contribution >= 0.6 is 0 Å². The fourth-order valence-corrected chi connectivity index (χ4v) is 4.80. The summed E-state index contributed by atoms with van der Waals surface area (Å²) in [5.41, 5.74) is 2.38. The standard InChI is InChI=1S/C33H28O6/c1-4-25(35)20-37-32(36)29-28-18-19-33(23-10-6-5-7-11-23,24-16-14-21(2)15-17-24)39-30(28)26-12-8-9-13-27(26)31(29)38-22(3)34/h5-19H,4,20H2,1-3H3. The highest BCUT2D eigenvalue weighted by Crippen LogP contribution is 2.49. The van der Waals surface area contributed by atoms with E-state index in [0.29, 0.717) is 22.1 Å². The number of benzene rings is 4. The minimum Gasteiger partial charge on any atom is -0.472 e. The number of esters is 2. The smallest absolute Gasteiger partial charge is 0.343 e. The van der Waals surface area contributed by atoms with Gasteiger partial charge in [-0.2, -0.15) is 0 Å². The van der Waals surface area contributed by atoms with Crippen LogP contribution in [0.15, 0.2) is 84.9 Å². The van der Waals surface area contributed by atoms with Gasteiger partial charge in [-0.1, -0.05) is 91.3 Å². The van der Waals surface area contributed by atoms with E-state index in [2.05, 4.69) is 0 Å². The first kappa shape index (κ1) is 25.9. The molecule has 0 bridgehead atoms. The van der Waals surface area contributed by atoms with Crippen LogP contribution in [0.3, 0.4) is 0 Å². The summed E-state index contributed by atoms with van der Waals surface area (Å²) in [6.45, 7) is 4.62. The van der Waals surface area contributed by atoms with Gasteiger partial charge >= 0.3 is 11.9 Å². The molecule has 0 amide bonds. The Morgan fingerprint density at radius 3 is 2.15 bits per heavy atom. The summed E-state index contributed by atoms with van der Waals surface area (Å²) in [4.78, 5) is 37.5. The van der Waals surface area contributed by atoms with E-state index in [1.807, 2.05) is 85.8 Å². The van der Waals surface area contributed by atoms with Gasteiger partial charge in [0.25, 0.3) is 0 Å². The fourth-order valence-electron chi connectivity index (χ4n) is 4.80. The maximum Gasteiger partial charge on any atom is 0.343 e. The first-order chi connectivity index (χ1) is 18.8. The van der Waals surface area contributed by atoms with Gasteiger partial charge in [-0.05, 0) is 19.1 Å². The second-order valence-corrected chi connectivity index (χ2v) is 9.46. The van der Waals surface area contributed by atoms with Crippen LogP contribution in [0.2, 0.25) is 0 Å². The predicted molar refractivity (Wildman–Crippen MR) is 149 cm³/mol. The molecule has 0 spiro atoms. The summed E-state index contributed by atoms with van der Waals surface area (Å²) in [7, 11) is 0. The highest BCUT2D eigenvalue weighted by Gasteiger charge is 2.40. The number of carbonyl (C=O) groups is 3. The number of aryl methyl sites for hydroxylation is 1. The van der Waals surface area contributed by atoms with Gasteiger partial charge in [-0.25, -0.2) is 4.79 Å².